The predicted molar refractivity (Wildman–Crippen MR) is 78.1 cm³/mol. The van der Waals surface area contributed by atoms with E-state index < -0.39 is 24.4 Å². The third kappa shape index (κ3) is 3.89. The molecule has 0 saturated heterocycles. The van der Waals surface area contributed by atoms with Crippen LogP contribution in [-0.4, -0.2) is 29.4 Å². The Morgan fingerprint density at radius 1 is 1.09 bits per heavy atom. The number of benzene rings is 1. The summed E-state index contributed by atoms with van der Waals surface area (Å²) in [6.45, 7) is -0.498. The van der Waals surface area contributed by atoms with E-state index in [9.17, 15) is 14.4 Å². The van der Waals surface area contributed by atoms with Gasteiger partial charge in [0.2, 0.25) is 0 Å². The lowest BCUT2D eigenvalue weighted by Gasteiger charge is -2.09. The third-order valence-corrected chi connectivity index (χ3v) is 2.68. The molecule has 1 heterocycles. The zero-order chi connectivity index (χ0) is 15.9. The standard InChI is InChI=1S/C15H13N3O4/c16-14(20)10-5-1-2-6-11(10)18-13(19)9-22-15(21)12-7-3-4-8-17-12/h1-8H,9H2,(H2,16,20)(H,18,19). The lowest BCUT2D eigenvalue weighted by Crippen LogP contribution is -2.23. The first-order valence-electron chi connectivity index (χ1n) is 6.35. The summed E-state index contributed by atoms with van der Waals surface area (Å²) in [6, 6.07) is 11.0. The number of amides is 2. The molecular weight excluding hydrogens is 286 g/mol. The van der Waals surface area contributed by atoms with Crippen LogP contribution in [0.15, 0.2) is 48.7 Å². The van der Waals surface area contributed by atoms with Crippen molar-refractivity contribution in [3.8, 4) is 0 Å². The maximum absolute atomic E-state index is 11.8. The lowest BCUT2D eigenvalue weighted by atomic mass is 10.1. The number of hydrogen-bond acceptors (Lipinski definition) is 5. The van der Waals surface area contributed by atoms with E-state index in [-0.39, 0.29) is 16.9 Å². The van der Waals surface area contributed by atoms with Crippen LogP contribution in [0.5, 0.6) is 0 Å². The minimum Gasteiger partial charge on any atom is -0.451 e. The van der Waals surface area contributed by atoms with E-state index in [1.807, 2.05) is 0 Å². The molecular formula is C15H13N3O4. The minimum absolute atomic E-state index is 0.104. The normalized spacial score (nSPS) is 9.82. The molecule has 3 N–H and O–H groups in total. The number of aromatic nitrogens is 1. The van der Waals surface area contributed by atoms with Gasteiger partial charge in [-0.25, -0.2) is 9.78 Å². The molecule has 0 spiro atoms. The van der Waals surface area contributed by atoms with Gasteiger partial charge in [-0.2, -0.15) is 0 Å². The molecule has 0 bridgehead atoms. The fourth-order valence-corrected chi connectivity index (χ4v) is 1.68. The van der Waals surface area contributed by atoms with Crippen molar-refractivity contribution in [2.75, 3.05) is 11.9 Å². The number of nitrogens with one attached hydrogen (secondary N) is 1. The number of anilines is 1. The summed E-state index contributed by atoms with van der Waals surface area (Å²) < 4.78 is 4.83. The van der Waals surface area contributed by atoms with Crippen molar-refractivity contribution < 1.29 is 19.1 Å². The van der Waals surface area contributed by atoms with Crippen LogP contribution in [-0.2, 0) is 9.53 Å². The van der Waals surface area contributed by atoms with E-state index in [0.717, 1.165) is 0 Å². The van der Waals surface area contributed by atoms with Crippen LogP contribution >= 0.6 is 0 Å². The van der Waals surface area contributed by atoms with E-state index in [1.54, 1.807) is 24.3 Å². The summed E-state index contributed by atoms with van der Waals surface area (Å²) in [5.41, 5.74) is 5.74. The Morgan fingerprint density at radius 2 is 1.82 bits per heavy atom. The molecule has 2 amide bonds. The van der Waals surface area contributed by atoms with Gasteiger partial charge < -0.3 is 15.8 Å². The topological polar surface area (TPSA) is 111 Å². The second-order valence-corrected chi connectivity index (χ2v) is 4.25. The van der Waals surface area contributed by atoms with Gasteiger partial charge in [0.15, 0.2) is 6.61 Å². The van der Waals surface area contributed by atoms with Crippen molar-refractivity contribution in [3.63, 3.8) is 0 Å². The molecule has 0 aliphatic heterocycles. The zero-order valence-electron chi connectivity index (χ0n) is 11.5. The molecule has 7 nitrogen and oxygen atoms in total. The average molecular weight is 299 g/mol. The number of hydrogen-bond donors (Lipinski definition) is 2. The number of nitrogens with two attached hydrogens (primary N) is 1. The van der Waals surface area contributed by atoms with Crippen molar-refractivity contribution in [1.29, 1.82) is 0 Å². The van der Waals surface area contributed by atoms with E-state index in [2.05, 4.69) is 10.3 Å². The van der Waals surface area contributed by atoms with E-state index in [4.69, 9.17) is 10.5 Å². The molecule has 22 heavy (non-hydrogen) atoms. The second kappa shape index (κ2) is 6.98. The van der Waals surface area contributed by atoms with E-state index in [1.165, 1.54) is 24.4 Å². The number of primary amides is 1. The Labute approximate surface area is 126 Å². The molecule has 112 valence electrons. The number of rotatable bonds is 5. The van der Waals surface area contributed by atoms with Crippen LogP contribution < -0.4 is 11.1 Å². The monoisotopic (exact) mass is 299 g/mol. The number of carbonyl (C=O) groups excluding carboxylic acids is 3. The predicted octanol–water partition coefficient (Wildman–Crippen LogP) is 0.976. The lowest BCUT2D eigenvalue weighted by molar-refractivity contribution is -0.119. The van der Waals surface area contributed by atoms with Crippen LogP contribution in [0.3, 0.4) is 0 Å². The van der Waals surface area contributed by atoms with Gasteiger partial charge in [-0.3, -0.25) is 9.59 Å². The van der Waals surface area contributed by atoms with Gasteiger partial charge in [0.1, 0.15) is 5.69 Å². The van der Waals surface area contributed by atoms with Gasteiger partial charge in [-0.15, -0.1) is 0 Å². The molecule has 0 aliphatic carbocycles. The first kappa shape index (κ1) is 15.2. The maximum Gasteiger partial charge on any atom is 0.357 e. The maximum atomic E-state index is 11.8. The molecule has 0 radical (unpaired) electrons. The largest absolute Gasteiger partial charge is 0.451 e. The fraction of sp³-hybridized carbons (Fsp3) is 0.0667. The van der Waals surface area contributed by atoms with Crippen molar-refractivity contribution in [2.45, 2.75) is 0 Å². The molecule has 0 fully saturated rings. The van der Waals surface area contributed by atoms with Crippen LogP contribution in [0.4, 0.5) is 5.69 Å². The highest BCUT2D eigenvalue weighted by atomic mass is 16.5. The van der Waals surface area contributed by atoms with Crippen molar-refractivity contribution >= 4 is 23.5 Å². The molecule has 0 unspecified atom stereocenters. The average Bonchev–Trinajstić information content (AvgIpc) is 2.53. The van der Waals surface area contributed by atoms with E-state index >= 15 is 0 Å². The minimum atomic E-state index is -0.709. The summed E-state index contributed by atoms with van der Waals surface area (Å²) >= 11 is 0. The van der Waals surface area contributed by atoms with Gasteiger partial charge in [-0.1, -0.05) is 18.2 Å². The van der Waals surface area contributed by atoms with Crippen LogP contribution in [0.2, 0.25) is 0 Å². The summed E-state index contributed by atoms with van der Waals surface area (Å²) in [6.07, 6.45) is 1.44. The Kier molecular flexibility index (Phi) is 4.81. The third-order valence-electron chi connectivity index (χ3n) is 2.68. The first-order valence-corrected chi connectivity index (χ1v) is 6.35. The number of nitrogens with zero attached hydrogens (tertiary/aromatic N) is 1. The molecule has 1 aromatic carbocycles. The molecule has 7 heteroatoms. The Bertz CT molecular complexity index is 701. The van der Waals surface area contributed by atoms with Crippen molar-refractivity contribution in [3.05, 3.63) is 59.9 Å². The van der Waals surface area contributed by atoms with E-state index in [0.29, 0.717) is 0 Å². The molecule has 2 rings (SSSR count). The van der Waals surface area contributed by atoms with Gasteiger partial charge in [0.05, 0.1) is 11.3 Å². The summed E-state index contributed by atoms with van der Waals surface area (Å²) in [5.74, 6) is -1.96. The molecule has 2 aromatic rings. The number of ether oxygens (including phenoxy) is 1. The highest BCUT2D eigenvalue weighted by Gasteiger charge is 2.13. The van der Waals surface area contributed by atoms with Gasteiger partial charge in [0.25, 0.3) is 11.8 Å². The summed E-state index contributed by atoms with van der Waals surface area (Å²) in [5, 5.41) is 2.46. The Morgan fingerprint density at radius 3 is 2.50 bits per heavy atom. The molecule has 0 aliphatic rings. The van der Waals surface area contributed by atoms with Gasteiger partial charge in [-0.05, 0) is 24.3 Å². The van der Waals surface area contributed by atoms with Crippen molar-refractivity contribution in [2.24, 2.45) is 5.73 Å². The van der Waals surface area contributed by atoms with Crippen LogP contribution in [0, 0.1) is 0 Å². The Hall–Kier alpha value is -3.22. The number of esters is 1. The summed E-state index contributed by atoms with van der Waals surface area (Å²) in [7, 11) is 0. The SMILES string of the molecule is NC(=O)c1ccccc1NC(=O)COC(=O)c1ccccn1. The zero-order valence-corrected chi connectivity index (χ0v) is 11.5. The van der Waals surface area contributed by atoms with Crippen LogP contribution in [0.25, 0.3) is 0 Å². The Balaban J connectivity index is 1.94. The molecule has 1 aromatic heterocycles. The quantitative estimate of drug-likeness (QED) is 0.799. The van der Waals surface area contributed by atoms with Gasteiger partial charge in [0, 0.05) is 6.20 Å². The molecule has 0 atom stereocenters. The second-order valence-electron chi connectivity index (χ2n) is 4.25. The number of para-hydroxylation sites is 1. The van der Waals surface area contributed by atoms with Crippen LogP contribution in [0.1, 0.15) is 20.8 Å². The highest BCUT2D eigenvalue weighted by Crippen LogP contribution is 2.14. The van der Waals surface area contributed by atoms with Gasteiger partial charge >= 0.3 is 5.97 Å². The number of pyridine rings is 1. The summed E-state index contributed by atoms with van der Waals surface area (Å²) in [4.78, 5) is 38.4. The molecule has 0 saturated carbocycles. The smallest absolute Gasteiger partial charge is 0.357 e. The van der Waals surface area contributed by atoms with Crippen molar-refractivity contribution in [1.82, 2.24) is 4.98 Å². The fourth-order valence-electron chi connectivity index (χ4n) is 1.68. The number of carbonyl (C=O) groups is 3. The first-order chi connectivity index (χ1) is 10.6. The highest BCUT2D eigenvalue weighted by molar-refractivity contribution is 6.03.